The Hall–Kier alpha value is 0.982. The van der Waals surface area contributed by atoms with Gasteiger partial charge >= 0.3 is 27.3 Å². The van der Waals surface area contributed by atoms with Crippen molar-refractivity contribution in [2.45, 2.75) is 0 Å². The molecule has 0 unspecified atom stereocenters. The molecule has 6 nitrogen and oxygen atoms in total. The molecule has 0 atom stereocenters. The molecule has 21 heavy (non-hydrogen) atoms. The second-order valence-corrected chi connectivity index (χ2v) is 6.15. The first kappa shape index (κ1) is 22.0. The largest absolute Gasteiger partial charge is 2.00 e. The first-order valence-electron chi connectivity index (χ1n) is 6.18. The number of thiocarbonyl (C=S) groups is 2. The van der Waals surface area contributed by atoms with Gasteiger partial charge in [0.1, 0.15) is 0 Å². The maximum Gasteiger partial charge on any atom is 2.00 e. The van der Waals surface area contributed by atoms with Crippen molar-refractivity contribution >= 4 is 58.3 Å². The van der Waals surface area contributed by atoms with Crippen LogP contribution in [0.5, 0.6) is 0 Å². The fourth-order valence-corrected chi connectivity index (χ4v) is 2.12. The molecule has 2 heterocycles. The van der Waals surface area contributed by atoms with Gasteiger partial charge in [-0.25, -0.2) is 10.0 Å². The van der Waals surface area contributed by atoms with E-state index in [4.69, 9.17) is 59.2 Å². The summed E-state index contributed by atoms with van der Waals surface area (Å²) in [6.07, 6.45) is 0. The van der Waals surface area contributed by atoms with Gasteiger partial charge in [0.15, 0.2) is 0 Å². The zero-order valence-corrected chi connectivity index (χ0v) is 19.0. The van der Waals surface area contributed by atoms with Gasteiger partial charge in [0.2, 0.25) is 0 Å². The van der Waals surface area contributed by atoms with E-state index in [0.29, 0.717) is 8.64 Å². The monoisotopic (exact) mass is 468 g/mol. The van der Waals surface area contributed by atoms with Gasteiger partial charge in [-0.3, -0.25) is 0 Å². The number of hydrogen-bond acceptors (Lipinski definition) is 8. The van der Waals surface area contributed by atoms with Gasteiger partial charge in [-0.1, -0.05) is 0 Å². The quantitative estimate of drug-likeness (QED) is 0.310. The molecule has 0 aromatic rings. The van der Waals surface area contributed by atoms with Crippen LogP contribution in [0.4, 0.5) is 0 Å². The molecule has 2 aliphatic rings. The Bertz CT molecular complexity index is 285. The normalized spacial score (nSPS) is 19.4. The van der Waals surface area contributed by atoms with Gasteiger partial charge in [0.25, 0.3) is 0 Å². The third kappa shape index (κ3) is 12.1. The number of nitrogens with one attached hydrogen (secondary N) is 2. The summed E-state index contributed by atoms with van der Waals surface area (Å²) in [7, 11) is 0. The van der Waals surface area contributed by atoms with E-state index in [-0.39, 0.29) is 27.3 Å². The number of hydrogen-bond donors (Lipinski definition) is 2. The number of rotatable bonds is 2. The van der Waals surface area contributed by atoms with E-state index in [1.807, 2.05) is 10.0 Å². The Balaban J connectivity index is 0.000000364. The van der Waals surface area contributed by atoms with Gasteiger partial charge in [-0.15, -0.1) is 0 Å². The Morgan fingerprint density at radius 1 is 0.762 bits per heavy atom. The standard InChI is InChI=1S/2C5H10N2OS2.Cd/c2*9-5(10)6-7-1-3-8-4-2-7;/h2*1-4H2,(H2,6,9,10);/q;;+2/p-2. The Morgan fingerprint density at radius 2 is 1.05 bits per heavy atom. The predicted octanol–water partition coefficient (Wildman–Crippen LogP) is -0.692. The summed E-state index contributed by atoms with van der Waals surface area (Å²) in [6.45, 7) is 6.45. The number of nitrogens with zero attached hydrogens (tertiary/aromatic N) is 2. The average molecular weight is 467 g/mol. The summed E-state index contributed by atoms with van der Waals surface area (Å²) in [4.78, 5) is 0. The van der Waals surface area contributed by atoms with Crippen molar-refractivity contribution in [3.63, 3.8) is 0 Å². The van der Waals surface area contributed by atoms with E-state index in [2.05, 4.69) is 10.9 Å². The van der Waals surface area contributed by atoms with E-state index in [1.165, 1.54) is 0 Å². The zero-order valence-electron chi connectivity index (χ0n) is 11.7. The number of morpholine rings is 2. The SMILES string of the molecule is S=C([S-])NN1CCOCC1.S=C([S-])NN1CCOCC1.[Cd+2]. The van der Waals surface area contributed by atoms with Crippen LogP contribution in [0, 0.1) is 0 Å². The van der Waals surface area contributed by atoms with E-state index in [1.54, 1.807) is 0 Å². The summed E-state index contributed by atoms with van der Waals surface area (Å²) in [5, 5.41) is 3.94. The molecule has 2 rings (SSSR count). The maximum absolute atomic E-state index is 5.12. The molecule has 2 fully saturated rings. The molecule has 0 aromatic heterocycles. The van der Waals surface area contributed by atoms with E-state index in [0.717, 1.165) is 52.6 Å². The van der Waals surface area contributed by atoms with E-state index >= 15 is 0 Å². The molecule has 0 radical (unpaired) electrons. The summed E-state index contributed by atoms with van der Waals surface area (Å²) < 4.78 is 11.1. The summed E-state index contributed by atoms with van der Waals surface area (Å²) in [5.74, 6) is 0. The van der Waals surface area contributed by atoms with Crippen LogP contribution in [0.15, 0.2) is 0 Å². The van der Waals surface area contributed by atoms with Crippen molar-refractivity contribution in [1.29, 1.82) is 0 Å². The maximum atomic E-state index is 5.12. The molecule has 0 amide bonds. The molecule has 0 bridgehead atoms. The topological polar surface area (TPSA) is 49.0 Å². The summed E-state index contributed by atoms with van der Waals surface area (Å²) >= 11 is 18.8. The molecular formula is C10H18CdN4O2S4. The van der Waals surface area contributed by atoms with Crippen molar-refractivity contribution in [2.24, 2.45) is 0 Å². The third-order valence-electron chi connectivity index (χ3n) is 2.52. The van der Waals surface area contributed by atoms with Crippen molar-refractivity contribution in [3.8, 4) is 0 Å². The van der Waals surface area contributed by atoms with Crippen molar-refractivity contribution in [1.82, 2.24) is 20.9 Å². The second-order valence-electron chi connectivity index (χ2n) is 4.00. The molecule has 2 aliphatic heterocycles. The first-order valence-corrected chi connectivity index (χ1v) is 7.82. The van der Waals surface area contributed by atoms with Crippen LogP contribution in [0.2, 0.25) is 0 Å². The van der Waals surface area contributed by atoms with Crippen LogP contribution in [0.1, 0.15) is 0 Å². The Kier molecular flexibility index (Phi) is 14.1. The van der Waals surface area contributed by atoms with E-state index < -0.39 is 0 Å². The molecular weight excluding hydrogens is 449 g/mol. The minimum atomic E-state index is 0. The summed E-state index contributed by atoms with van der Waals surface area (Å²) in [6, 6.07) is 0. The molecule has 0 saturated carbocycles. The minimum absolute atomic E-state index is 0. The fraction of sp³-hybridized carbons (Fsp3) is 0.800. The van der Waals surface area contributed by atoms with Crippen molar-refractivity contribution < 1.29 is 36.8 Å². The third-order valence-corrected chi connectivity index (χ3v) is 2.89. The van der Waals surface area contributed by atoms with Crippen LogP contribution in [0.25, 0.3) is 0 Å². The minimum Gasteiger partial charge on any atom is -0.410 e. The molecule has 0 aromatic carbocycles. The van der Waals surface area contributed by atoms with Crippen LogP contribution < -0.4 is 10.9 Å². The Morgan fingerprint density at radius 3 is 1.29 bits per heavy atom. The van der Waals surface area contributed by atoms with E-state index in [9.17, 15) is 0 Å². The van der Waals surface area contributed by atoms with Crippen molar-refractivity contribution in [2.75, 3.05) is 52.6 Å². The first-order chi connectivity index (χ1) is 9.58. The van der Waals surface area contributed by atoms with Gasteiger partial charge in [-0.2, -0.15) is 0 Å². The van der Waals surface area contributed by atoms with Gasteiger partial charge < -0.3 is 70.0 Å². The average Bonchev–Trinajstić information content (AvgIpc) is 2.40. The van der Waals surface area contributed by atoms with Crippen LogP contribution >= 0.6 is 24.4 Å². The number of ether oxygens (including phenoxy) is 2. The molecule has 2 saturated heterocycles. The second kappa shape index (κ2) is 13.4. The zero-order chi connectivity index (χ0) is 14.8. The van der Waals surface area contributed by atoms with Crippen LogP contribution in [-0.2, 0) is 62.0 Å². The predicted molar refractivity (Wildman–Crippen MR) is 91.0 cm³/mol. The van der Waals surface area contributed by atoms with Gasteiger partial charge in [0, 0.05) is 26.2 Å². The van der Waals surface area contributed by atoms with Crippen LogP contribution in [0.3, 0.4) is 0 Å². The van der Waals surface area contributed by atoms with Crippen molar-refractivity contribution in [3.05, 3.63) is 0 Å². The molecule has 11 heteroatoms. The molecule has 0 spiro atoms. The van der Waals surface area contributed by atoms with Gasteiger partial charge in [-0.05, 0) is 8.64 Å². The summed E-state index contributed by atoms with van der Waals surface area (Å²) in [5.41, 5.74) is 5.76. The molecule has 2 N–H and O–H groups in total. The molecule has 0 aliphatic carbocycles. The smallest absolute Gasteiger partial charge is 0.410 e. The fourth-order valence-electron chi connectivity index (χ4n) is 1.61. The molecule has 116 valence electrons. The van der Waals surface area contributed by atoms with Crippen LogP contribution in [-0.4, -0.2) is 71.3 Å². The number of hydrazine groups is 2. The Labute approximate surface area is 167 Å². The van der Waals surface area contributed by atoms with Gasteiger partial charge in [0.05, 0.1) is 26.4 Å².